The topological polar surface area (TPSA) is 162 Å². The number of anilines is 2. The summed E-state index contributed by atoms with van der Waals surface area (Å²) in [4.78, 5) is 56.5. The van der Waals surface area contributed by atoms with Crippen molar-refractivity contribution in [2.45, 2.75) is 35.4 Å². The maximum Gasteiger partial charge on any atom is 0.311 e. The van der Waals surface area contributed by atoms with Crippen LogP contribution in [0.25, 0.3) is 0 Å². The van der Waals surface area contributed by atoms with Gasteiger partial charge in [-0.3, -0.25) is 19.2 Å². The van der Waals surface area contributed by atoms with Crippen molar-refractivity contribution in [3.63, 3.8) is 0 Å². The molecule has 0 fully saturated rings. The SMILES string of the molecule is CCOC(=O)Cc1csc(NC(=O)CSc2nnc(SCC(=O)Nc3ncc(CC(=O)OCC)s3)s2)n1. The highest BCUT2D eigenvalue weighted by Gasteiger charge is 2.14. The van der Waals surface area contributed by atoms with Gasteiger partial charge in [-0.15, -0.1) is 32.9 Å². The van der Waals surface area contributed by atoms with Crippen molar-refractivity contribution in [3.8, 4) is 0 Å². The molecule has 0 radical (unpaired) electrons. The van der Waals surface area contributed by atoms with Crippen molar-refractivity contribution in [2.24, 2.45) is 0 Å². The molecule has 2 N–H and O–H groups in total. The summed E-state index contributed by atoms with van der Waals surface area (Å²) >= 11 is 6.15. The van der Waals surface area contributed by atoms with Gasteiger partial charge >= 0.3 is 11.9 Å². The van der Waals surface area contributed by atoms with Gasteiger partial charge in [-0.25, -0.2) is 9.97 Å². The van der Waals surface area contributed by atoms with Gasteiger partial charge in [0.15, 0.2) is 18.9 Å². The zero-order valence-electron chi connectivity index (χ0n) is 19.7. The fraction of sp³-hybridized carbons (Fsp3) is 0.400. The smallest absolute Gasteiger partial charge is 0.311 e. The summed E-state index contributed by atoms with van der Waals surface area (Å²) in [6.07, 6.45) is 1.70. The minimum atomic E-state index is -0.369. The summed E-state index contributed by atoms with van der Waals surface area (Å²) < 4.78 is 11.0. The Balaban J connectivity index is 1.36. The van der Waals surface area contributed by atoms with Gasteiger partial charge in [0.2, 0.25) is 11.8 Å². The highest BCUT2D eigenvalue weighted by Crippen LogP contribution is 2.29. The summed E-state index contributed by atoms with van der Waals surface area (Å²) in [5.41, 5.74) is 0.535. The summed E-state index contributed by atoms with van der Waals surface area (Å²) in [6, 6.07) is 0. The molecule has 17 heteroatoms. The van der Waals surface area contributed by atoms with E-state index >= 15 is 0 Å². The van der Waals surface area contributed by atoms with Crippen LogP contribution >= 0.6 is 57.5 Å². The molecule has 0 unspecified atom stereocenters. The number of rotatable bonds is 14. The third kappa shape index (κ3) is 10.4. The molecule has 198 valence electrons. The molecule has 0 aliphatic heterocycles. The number of thioether (sulfide) groups is 2. The number of nitrogens with one attached hydrogen (secondary N) is 2. The van der Waals surface area contributed by atoms with Gasteiger partial charge in [0, 0.05) is 16.5 Å². The Kier molecular flexibility index (Phi) is 11.7. The number of hydrogen-bond donors (Lipinski definition) is 2. The molecule has 3 rings (SSSR count). The quantitative estimate of drug-likeness (QED) is 0.205. The van der Waals surface area contributed by atoms with Crippen molar-refractivity contribution in [1.29, 1.82) is 0 Å². The van der Waals surface area contributed by atoms with E-state index in [4.69, 9.17) is 9.47 Å². The molecule has 0 saturated heterocycles. The number of thiazole rings is 2. The van der Waals surface area contributed by atoms with Crippen molar-refractivity contribution in [1.82, 2.24) is 20.2 Å². The van der Waals surface area contributed by atoms with Gasteiger partial charge in [-0.2, -0.15) is 0 Å². The van der Waals surface area contributed by atoms with E-state index in [9.17, 15) is 19.2 Å². The van der Waals surface area contributed by atoms with Crippen LogP contribution in [0.1, 0.15) is 24.4 Å². The monoisotopic (exact) mass is 602 g/mol. The summed E-state index contributed by atoms with van der Waals surface area (Å²) in [5, 5.41) is 16.0. The summed E-state index contributed by atoms with van der Waals surface area (Å²) in [5.74, 6) is -1.04. The molecule has 3 aromatic rings. The molecular formula is C20H22N6O6S5. The number of amides is 2. The Labute approximate surface area is 232 Å². The lowest BCUT2D eigenvalue weighted by molar-refractivity contribution is -0.143. The van der Waals surface area contributed by atoms with E-state index in [2.05, 4.69) is 30.8 Å². The fourth-order valence-corrected chi connectivity index (χ4v) is 6.65. The fourth-order valence-electron chi connectivity index (χ4n) is 2.49. The minimum Gasteiger partial charge on any atom is -0.466 e. The predicted molar refractivity (Wildman–Crippen MR) is 144 cm³/mol. The Morgan fingerprint density at radius 3 is 2.08 bits per heavy atom. The van der Waals surface area contributed by atoms with Crippen LogP contribution < -0.4 is 10.6 Å². The van der Waals surface area contributed by atoms with Gasteiger partial charge < -0.3 is 20.1 Å². The molecule has 0 aliphatic carbocycles. The number of nitrogens with zero attached hydrogens (tertiary/aromatic N) is 4. The van der Waals surface area contributed by atoms with E-state index in [1.807, 2.05) is 0 Å². The lowest BCUT2D eigenvalue weighted by Crippen LogP contribution is -2.14. The average molecular weight is 603 g/mol. The van der Waals surface area contributed by atoms with Crippen LogP contribution in [-0.2, 0) is 41.5 Å². The van der Waals surface area contributed by atoms with Gasteiger partial charge in [-0.05, 0) is 13.8 Å². The maximum atomic E-state index is 12.2. The summed E-state index contributed by atoms with van der Waals surface area (Å²) in [7, 11) is 0. The third-order valence-electron chi connectivity index (χ3n) is 3.89. The number of aromatic nitrogens is 4. The Hall–Kier alpha value is -2.60. The molecule has 12 nitrogen and oxygen atoms in total. The van der Waals surface area contributed by atoms with Gasteiger partial charge in [0.25, 0.3) is 0 Å². The highest BCUT2D eigenvalue weighted by molar-refractivity contribution is 8.03. The van der Waals surface area contributed by atoms with E-state index in [1.165, 1.54) is 63.7 Å². The van der Waals surface area contributed by atoms with Crippen LogP contribution in [0, 0.1) is 0 Å². The zero-order chi connectivity index (χ0) is 26.6. The molecular weight excluding hydrogens is 581 g/mol. The van der Waals surface area contributed by atoms with Crippen LogP contribution in [0.5, 0.6) is 0 Å². The van der Waals surface area contributed by atoms with Crippen molar-refractivity contribution in [2.75, 3.05) is 35.4 Å². The van der Waals surface area contributed by atoms with Gasteiger partial charge in [0.1, 0.15) is 0 Å². The number of esters is 2. The minimum absolute atomic E-state index is 0.0541. The molecule has 0 atom stereocenters. The second-order valence-electron chi connectivity index (χ2n) is 6.75. The lowest BCUT2D eigenvalue weighted by atomic mass is 10.3. The van der Waals surface area contributed by atoms with Crippen LogP contribution in [-0.4, -0.2) is 68.6 Å². The van der Waals surface area contributed by atoms with Gasteiger partial charge in [0.05, 0.1) is 43.3 Å². The second-order valence-corrected chi connectivity index (χ2v) is 12.1. The molecule has 3 aromatic heterocycles. The summed E-state index contributed by atoms with van der Waals surface area (Å²) in [6.45, 7) is 4.08. The van der Waals surface area contributed by atoms with E-state index in [-0.39, 0.29) is 48.1 Å². The van der Waals surface area contributed by atoms with Crippen LogP contribution in [0.3, 0.4) is 0 Å². The van der Waals surface area contributed by atoms with Gasteiger partial charge in [-0.1, -0.05) is 34.9 Å². The molecule has 37 heavy (non-hydrogen) atoms. The molecule has 2 amide bonds. The number of carbonyl (C=O) groups is 4. The number of carbonyl (C=O) groups excluding carboxylic acids is 4. The molecule has 0 aromatic carbocycles. The lowest BCUT2D eigenvalue weighted by Gasteiger charge is -2.00. The zero-order valence-corrected chi connectivity index (χ0v) is 23.8. The van der Waals surface area contributed by atoms with E-state index in [1.54, 1.807) is 19.2 Å². The first-order valence-electron chi connectivity index (χ1n) is 10.7. The first-order chi connectivity index (χ1) is 17.8. The Morgan fingerprint density at radius 2 is 1.46 bits per heavy atom. The number of ether oxygens (including phenoxy) is 2. The highest BCUT2D eigenvalue weighted by atomic mass is 32.2. The standard InChI is InChI=1S/C20H22N6O6S5/c1-3-31-15(29)5-11-8-33-18(22-11)24-14(28)10-35-20-26-25-19(37-20)34-9-13(27)23-17-21-7-12(36-17)6-16(30)32-4-2/h7-8H,3-6,9-10H2,1-2H3,(H,21,23,27)(H,22,24,28). The first kappa shape index (κ1) is 29.0. The first-order valence-corrected chi connectivity index (χ1v) is 15.2. The predicted octanol–water partition coefficient (Wildman–Crippen LogP) is 3.12. The average Bonchev–Trinajstić information content (AvgIpc) is 3.59. The van der Waals surface area contributed by atoms with Crippen LogP contribution in [0.2, 0.25) is 0 Å². The van der Waals surface area contributed by atoms with Crippen molar-refractivity contribution in [3.05, 3.63) is 22.1 Å². The Bertz CT molecular complexity index is 1140. The second kappa shape index (κ2) is 15.0. The van der Waals surface area contributed by atoms with E-state index in [0.717, 1.165) is 0 Å². The normalized spacial score (nSPS) is 10.6. The molecule has 0 spiro atoms. The molecule has 0 bridgehead atoms. The van der Waals surface area contributed by atoms with Crippen LogP contribution in [0.4, 0.5) is 10.3 Å². The van der Waals surface area contributed by atoms with Crippen LogP contribution in [0.15, 0.2) is 20.3 Å². The Morgan fingerprint density at radius 1 is 0.865 bits per heavy atom. The third-order valence-corrected chi connectivity index (χ3v) is 8.80. The van der Waals surface area contributed by atoms with Crippen molar-refractivity contribution < 1.29 is 28.7 Å². The van der Waals surface area contributed by atoms with Crippen molar-refractivity contribution >= 4 is 91.6 Å². The number of hydrogen-bond acceptors (Lipinski definition) is 15. The largest absolute Gasteiger partial charge is 0.466 e. The molecule has 3 heterocycles. The maximum absolute atomic E-state index is 12.2. The van der Waals surface area contributed by atoms with E-state index < -0.39 is 0 Å². The molecule has 0 saturated carbocycles. The molecule has 0 aliphatic rings. The van der Waals surface area contributed by atoms with E-state index in [0.29, 0.717) is 42.7 Å².